The highest BCUT2D eigenvalue weighted by atomic mass is 79.9. The van der Waals surface area contributed by atoms with Crippen molar-refractivity contribution < 1.29 is 4.39 Å². The summed E-state index contributed by atoms with van der Waals surface area (Å²) in [5.41, 5.74) is 0.469. The van der Waals surface area contributed by atoms with Crippen LogP contribution in [0.25, 0.3) is 10.6 Å². The van der Waals surface area contributed by atoms with Crippen LogP contribution in [0.1, 0.15) is 0 Å². The van der Waals surface area contributed by atoms with E-state index in [0.29, 0.717) is 20.2 Å². The number of aromatic nitrogens is 1. The first kappa shape index (κ1) is 10.1. The van der Waals surface area contributed by atoms with Gasteiger partial charge in [-0.15, -0.1) is 11.3 Å². The van der Waals surface area contributed by atoms with Crippen LogP contribution in [0.3, 0.4) is 0 Å². The number of hydrogen-bond acceptors (Lipinski definition) is 2. The summed E-state index contributed by atoms with van der Waals surface area (Å²) in [6, 6.07) is 5.08. The lowest BCUT2D eigenvalue weighted by Gasteiger charge is -1.99. The molecule has 1 nitrogen and oxygen atoms in total. The molecule has 5 heteroatoms. The number of nitrogens with zero attached hydrogens (tertiary/aromatic N) is 1. The van der Waals surface area contributed by atoms with E-state index >= 15 is 0 Å². The third-order valence-corrected chi connectivity index (χ3v) is 3.47. The summed E-state index contributed by atoms with van der Waals surface area (Å²) in [6.07, 6.45) is 0. The fraction of sp³-hybridized carbons (Fsp3) is 0. The van der Waals surface area contributed by atoms with Gasteiger partial charge >= 0.3 is 0 Å². The molecule has 2 rings (SSSR count). The maximum Gasteiger partial charge on any atom is 0.147 e. The zero-order valence-corrected chi connectivity index (χ0v) is 9.96. The molecule has 0 radical (unpaired) electrons. The monoisotopic (exact) mass is 291 g/mol. The van der Waals surface area contributed by atoms with Crippen LogP contribution in [0.5, 0.6) is 0 Å². The fourth-order valence-electron chi connectivity index (χ4n) is 1.05. The van der Waals surface area contributed by atoms with Crippen LogP contribution in [-0.4, -0.2) is 4.98 Å². The normalized spacial score (nSPS) is 10.5. The van der Waals surface area contributed by atoms with Crippen molar-refractivity contribution in [1.29, 1.82) is 0 Å². The molecule has 0 amide bonds. The highest BCUT2D eigenvalue weighted by molar-refractivity contribution is 9.10. The molecule has 1 aromatic heterocycles. The fourth-order valence-corrected chi connectivity index (χ4v) is 2.38. The molecule has 0 N–H and O–H groups in total. The molecule has 1 aromatic carbocycles. The highest BCUT2D eigenvalue weighted by Gasteiger charge is 2.10. The molecule has 0 saturated carbocycles. The topological polar surface area (TPSA) is 12.9 Å². The molecule has 0 spiro atoms. The van der Waals surface area contributed by atoms with Crippen molar-refractivity contribution in [3.63, 3.8) is 0 Å². The lowest BCUT2D eigenvalue weighted by Crippen LogP contribution is -1.84. The van der Waals surface area contributed by atoms with Crippen LogP contribution in [0.4, 0.5) is 4.39 Å². The van der Waals surface area contributed by atoms with E-state index in [1.165, 1.54) is 11.3 Å². The van der Waals surface area contributed by atoms with E-state index < -0.39 is 0 Å². The summed E-state index contributed by atoms with van der Waals surface area (Å²) in [4.78, 5) is 4.01. The lowest BCUT2D eigenvalue weighted by molar-refractivity contribution is 0.624. The van der Waals surface area contributed by atoms with Gasteiger partial charge in [-0.2, -0.15) is 0 Å². The number of thiazole rings is 1. The highest BCUT2D eigenvalue weighted by Crippen LogP contribution is 2.30. The van der Waals surface area contributed by atoms with Gasteiger partial charge in [0.05, 0.1) is 4.47 Å². The van der Waals surface area contributed by atoms with E-state index in [2.05, 4.69) is 20.9 Å². The van der Waals surface area contributed by atoms with Gasteiger partial charge in [0.2, 0.25) is 0 Å². The summed E-state index contributed by atoms with van der Waals surface area (Å²) in [5.74, 6) is -0.307. The lowest BCUT2D eigenvalue weighted by atomic mass is 10.2. The van der Waals surface area contributed by atoms with Crippen molar-refractivity contribution >= 4 is 38.9 Å². The quantitative estimate of drug-likeness (QED) is 0.761. The van der Waals surface area contributed by atoms with E-state index in [1.54, 1.807) is 23.6 Å². The van der Waals surface area contributed by atoms with E-state index in [9.17, 15) is 4.39 Å². The van der Waals surface area contributed by atoms with Gasteiger partial charge in [0.25, 0.3) is 0 Å². The second-order valence-electron chi connectivity index (χ2n) is 2.58. The van der Waals surface area contributed by atoms with Crippen LogP contribution in [0.2, 0.25) is 5.15 Å². The molecule has 1 heterocycles. The molecule has 72 valence electrons. The van der Waals surface area contributed by atoms with Gasteiger partial charge in [0.15, 0.2) is 0 Å². The Morgan fingerprint density at radius 1 is 1.43 bits per heavy atom. The molecule has 2 aromatic rings. The number of benzene rings is 1. The molecular weight excluding hydrogens is 289 g/mol. The standard InChI is InChI=1S/C9H4BrClFNS/c10-6-3-1-2-5(8(6)12)9-13-7(11)4-14-9/h1-4H. The molecule has 0 aliphatic heterocycles. The molecule has 0 atom stereocenters. The minimum atomic E-state index is -0.307. The van der Waals surface area contributed by atoms with Gasteiger partial charge in [0.1, 0.15) is 16.0 Å². The first-order chi connectivity index (χ1) is 6.68. The maximum absolute atomic E-state index is 13.6. The molecule has 14 heavy (non-hydrogen) atoms. The van der Waals surface area contributed by atoms with E-state index in [-0.39, 0.29) is 5.82 Å². The average molecular weight is 293 g/mol. The van der Waals surface area contributed by atoms with Gasteiger partial charge < -0.3 is 0 Å². The smallest absolute Gasteiger partial charge is 0.147 e. The van der Waals surface area contributed by atoms with Crippen molar-refractivity contribution in [2.45, 2.75) is 0 Å². The van der Waals surface area contributed by atoms with Crippen LogP contribution in [0, 0.1) is 5.82 Å². The first-order valence-corrected chi connectivity index (χ1v) is 5.79. The number of rotatable bonds is 1. The van der Waals surface area contributed by atoms with Crippen molar-refractivity contribution in [3.8, 4) is 10.6 Å². The van der Waals surface area contributed by atoms with E-state index in [0.717, 1.165) is 0 Å². The summed E-state index contributed by atoms with van der Waals surface area (Å²) in [7, 11) is 0. The van der Waals surface area contributed by atoms with Crippen molar-refractivity contribution in [2.24, 2.45) is 0 Å². The van der Waals surface area contributed by atoms with Gasteiger partial charge in [-0.25, -0.2) is 9.37 Å². The zero-order chi connectivity index (χ0) is 10.1. The number of hydrogen-bond donors (Lipinski definition) is 0. The van der Waals surface area contributed by atoms with Gasteiger partial charge in [-0.05, 0) is 28.1 Å². The summed E-state index contributed by atoms with van der Waals surface area (Å²) in [5, 5.41) is 2.66. The molecule has 0 aliphatic rings. The van der Waals surface area contributed by atoms with Gasteiger partial charge in [0, 0.05) is 10.9 Å². The predicted molar refractivity (Wildman–Crippen MR) is 60.2 cm³/mol. The Hall–Kier alpha value is -0.450. The van der Waals surface area contributed by atoms with Crippen molar-refractivity contribution in [3.05, 3.63) is 39.0 Å². The summed E-state index contributed by atoms with van der Waals surface area (Å²) >= 11 is 10.1. The Morgan fingerprint density at radius 2 is 2.21 bits per heavy atom. The van der Waals surface area contributed by atoms with E-state index in [4.69, 9.17) is 11.6 Å². The Balaban J connectivity index is 2.57. The average Bonchev–Trinajstić information content (AvgIpc) is 2.57. The Bertz CT molecular complexity index is 472. The first-order valence-electron chi connectivity index (χ1n) is 3.74. The summed E-state index contributed by atoms with van der Waals surface area (Å²) in [6.45, 7) is 0. The minimum Gasteiger partial charge on any atom is -0.224 e. The Kier molecular flexibility index (Phi) is 2.85. The molecule has 0 bridgehead atoms. The molecule has 0 saturated heterocycles. The Morgan fingerprint density at radius 3 is 2.86 bits per heavy atom. The zero-order valence-electron chi connectivity index (χ0n) is 6.80. The van der Waals surface area contributed by atoms with E-state index in [1.807, 2.05) is 0 Å². The summed E-state index contributed by atoms with van der Waals surface area (Å²) < 4.78 is 14.0. The molecule has 0 fully saturated rings. The van der Waals surface area contributed by atoms with Crippen LogP contribution < -0.4 is 0 Å². The van der Waals surface area contributed by atoms with Gasteiger partial charge in [-0.3, -0.25) is 0 Å². The predicted octanol–water partition coefficient (Wildman–Crippen LogP) is 4.37. The van der Waals surface area contributed by atoms with Crippen LogP contribution >= 0.6 is 38.9 Å². The second-order valence-corrected chi connectivity index (χ2v) is 4.68. The number of halogens is 3. The molecule has 0 unspecified atom stereocenters. The minimum absolute atomic E-state index is 0.307. The third kappa shape index (κ3) is 1.82. The van der Waals surface area contributed by atoms with Crippen LogP contribution in [-0.2, 0) is 0 Å². The molecular formula is C9H4BrClFNS. The van der Waals surface area contributed by atoms with Crippen molar-refractivity contribution in [2.75, 3.05) is 0 Å². The van der Waals surface area contributed by atoms with Crippen LogP contribution in [0.15, 0.2) is 28.1 Å². The SMILES string of the molecule is Fc1c(Br)cccc1-c1nc(Cl)cs1. The second kappa shape index (κ2) is 3.96. The third-order valence-electron chi connectivity index (χ3n) is 1.66. The molecule has 0 aliphatic carbocycles. The Labute approximate surface area is 97.7 Å². The maximum atomic E-state index is 13.6. The largest absolute Gasteiger partial charge is 0.224 e. The van der Waals surface area contributed by atoms with Gasteiger partial charge in [-0.1, -0.05) is 17.7 Å². The van der Waals surface area contributed by atoms with Crippen molar-refractivity contribution in [1.82, 2.24) is 4.98 Å².